The van der Waals surface area contributed by atoms with Gasteiger partial charge in [-0.15, -0.1) is 0 Å². The summed E-state index contributed by atoms with van der Waals surface area (Å²) >= 11 is 0. The van der Waals surface area contributed by atoms with E-state index >= 15 is 0 Å². The molecule has 1 aliphatic heterocycles. The molecule has 1 atom stereocenters. The van der Waals surface area contributed by atoms with Crippen LogP contribution in [-0.4, -0.2) is 35.6 Å². The molecular weight excluding hydrogens is 218 g/mol. The number of likely N-dealkylation sites (tertiary alicyclic amines) is 1. The molecule has 1 aromatic heterocycles. The first-order valence-electron chi connectivity index (χ1n) is 5.92. The van der Waals surface area contributed by atoms with E-state index in [4.69, 9.17) is 10.3 Å². The van der Waals surface area contributed by atoms with Crippen LogP contribution in [0.15, 0.2) is 10.6 Å². The third kappa shape index (κ3) is 2.66. The zero-order chi connectivity index (χ0) is 12.5. The minimum atomic E-state index is 0.0788. The second-order valence-electron chi connectivity index (χ2n) is 5.19. The summed E-state index contributed by atoms with van der Waals surface area (Å²) in [6.07, 6.45) is 1.30. The molecule has 17 heavy (non-hydrogen) atoms. The largest absolute Gasteiger partial charge is 0.361 e. The Morgan fingerprint density at radius 3 is 3.00 bits per heavy atom. The van der Waals surface area contributed by atoms with Gasteiger partial charge in [0, 0.05) is 19.2 Å². The monoisotopic (exact) mass is 237 g/mol. The molecule has 1 aliphatic rings. The molecule has 94 valence electrons. The van der Waals surface area contributed by atoms with E-state index in [-0.39, 0.29) is 11.3 Å². The third-order valence-electron chi connectivity index (χ3n) is 3.41. The molecule has 5 nitrogen and oxygen atoms in total. The van der Waals surface area contributed by atoms with Crippen LogP contribution in [0.4, 0.5) is 0 Å². The van der Waals surface area contributed by atoms with Crippen molar-refractivity contribution < 1.29 is 9.32 Å². The summed E-state index contributed by atoms with van der Waals surface area (Å²) in [6.45, 7) is 6.12. The van der Waals surface area contributed by atoms with Crippen LogP contribution in [0.1, 0.15) is 24.8 Å². The van der Waals surface area contributed by atoms with Crippen molar-refractivity contribution in [3.05, 3.63) is 17.5 Å². The Morgan fingerprint density at radius 1 is 1.71 bits per heavy atom. The molecule has 2 N–H and O–H groups in total. The lowest BCUT2D eigenvalue weighted by Crippen LogP contribution is -2.35. The molecule has 1 fully saturated rings. The molecular formula is C12H19N3O2. The summed E-state index contributed by atoms with van der Waals surface area (Å²) < 4.78 is 4.95. The Balaban J connectivity index is 1.94. The van der Waals surface area contributed by atoms with Gasteiger partial charge in [-0.05, 0) is 25.3 Å². The van der Waals surface area contributed by atoms with Gasteiger partial charge in [0.2, 0.25) is 5.91 Å². The van der Waals surface area contributed by atoms with E-state index in [1.807, 2.05) is 11.8 Å². The number of nitrogens with two attached hydrogens (primary N) is 1. The van der Waals surface area contributed by atoms with Crippen LogP contribution >= 0.6 is 0 Å². The zero-order valence-corrected chi connectivity index (χ0v) is 10.4. The maximum absolute atomic E-state index is 12.0. The summed E-state index contributed by atoms with van der Waals surface area (Å²) in [5.74, 6) is 0.844. The summed E-state index contributed by atoms with van der Waals surface area (Å²) in [5.41, 5.74) is 6.50. The minimum Gasteiger partial charge on any atom is -0.361 e. The maximum atomic E-state index is 12.0. The average Bonchev–Trinajstić information content (AvgIpc) is 2.86. The third-order valence-corrected chi connectivity index (χ3v) is 3.41. The Bertz CT molecular complexity index is 416. The van der Waals surface area contributed by atoms with Crippen molar-refractivity contribution in [2.75, 3.05) is 19.6 Å². The number of aryl methyl sites for hydroxylation is 1. The molecule has 5 heteroatoms. The summed E-state index contributed by atoms with van der Waals surface area (Å²) in [6, 6.07) is 1.80. The molecule has 0 radical (unpaired) electrons. The second kappa shape index (κ2) is 4.49. The molecule has 0 bridgehead atoms. The van der Waals surface area contributed by atoms with Gasteiger partial charge in [-0.25, -0.2) is 0 Å². The lowest BCUT2D eigenvalue weighted by molar-refractivity contribution is -0.129. The molecule has 0 aliphatic carbocycles. The fraction of sp³-hybridized carbons (Fsp3) is 0.667. The van der Waals surface area contributed by atoms with Crippen LogP contribution in [0.3, 0.4) is 0 Å². The Kier molecular flexibility index (Phi) is 3.19. The molecule has 0 spiro atoms. The number of hydrogen-bond acceptors (Lipinski definition) is 4. The number of aromatic nitrogens is 1. The highest BCUT2D eigenvalue weighted by atomic mass is 16.5. The van der Waals surface area contributed by atoms with Crippen LogP contribution in [0.25, 0.3) is 0 Å². The van der Waals surface area contributed by atoms with Crippen LogP contribution in [0.5, 0.6) is 0 Å². The smallest absolute Gasteiger partial charge is 0.228 e. The zero-order valence-electron chi connectivity index (χ0n) is 10.4. The molecule has 1 aromatic rings. The first-order chi connectivity index (χ1) is 8.02. The second-order valence-corrected chi connectivity index (χ2v) is 5.19. The minimum absolute atomic E-state index is 0.0788. The lowest BCUT2D eigenvalue weighted by atomic mass is 9.90. The summed E-state index contributed by atoms with van der Waals surface area (Å²) in [5, 5.41) is 3.84. The molecule has 1 amide bonds. The van der Waals surface area contributed by atoms with Crippen molar-refractivity contribution in [2.24, 2.45) is 11.1 Å². The van der Waals surface area contributed by atoms with Gasteiger partial charge in [-0.1, -0.05) is 12.1 Å². The normalized spacial score (nSPS) is 24.3. The predicted octanol–water partition coefficient (Wildman–Crippen LogP) is 0.723. The van der Waals surface area contributed by atoms with E-state index < -0.39 is 0 Å². The van der Waals surface area contributed by atoms with Gasteiger partial charge in [0.25, 0.3) is 0 Å². The SMILES string of the molecule is Cc1cc(CC(=O)N2CCC(C)(CN)C2)no1. The number of amides is 1. The Hall–Kier alpha value is -1.36. The lowest BCUT2D eigenvalue weighted by Gasteiger charge is -2.22. The van der Waals surface area contributed by atoms with Gasteiger partial charge >= 0.3 is 0 Å². The number of nitrogens with zero attached hydrogens (tertiary/aromatic N) is 2. The number of carbonyl (C=O) groups is 1. The highest BCUT2D eigenvalue weighted by Crippen LogP contribution is 2.28. The van der Waals surface area contributed by atoms with Gasteiger partial charge < -0.3 is 15.2 Å². The molecule has 2 heterocycles. The van der Waals surface area contributed by atoms with Gasteiger partial charge in [0.05, 0.1) is 12.1 Å². The predicted molar refractivity (Wildman–Crippen MR) is 63.3 cm³/mol. The van der Waals surface area contributed by atoms with E-state index in [0.717, 1.165) is 25.3 Å². The number of hydrogen-bond donors (Lipinski definition) is 1. The first-order valence-corrected chi connectivity index (χ1v) is 5.92. The van der Waals surface area contributed by atoms with E-state index in [9.17, 15) is 4.79 Å². The summed E-state index contributed by atoms with van der Waals surface area (Å²) in [7, 11) is 0. The van der Waals surface area contributed by atoms with Crippen LogP contribution in [-0.2, 0) is 11.2 Å². The Morgan fingerprint density at radius 2 is 2.47 bits per heavy atom. The maximum Gasteiger partial charge on any atom is 0.228 e. The van der Waals surface area contributed by atoms with E-state index in [1.165, 1.54) is 0 Å². The topological polar surface area (TPSA) is 72.4 Å². The Labute approximate surface area is 101 Å². The molecule has 0 saturated carbocycles. The van der Waals surface area contributed by atoms with Gasteiger partial charge in [0.15, 0.2) is 0 Å². The number of carbonyl (C=O) groups excluding carboxylic acids is 1. The van der Waals surface area contributed by atoms with Crippen LogP contribution < -0.4 is 5.73 Å². The van der Waals surface area contributed by atoms with Crippen LogP contribution in [0.2, 0.25) is 0 Å². The van der Waals surface area contributed by atoms with Gasteiger partial charge in [-0.3, -0.25) is 4.79 Å². The van der Waals surface area contributed by atoms with Crippen molar-refractivity contribution in [3.8, 4) is 0 Å². The van der Waals surface area contributed by atoms with Crippen LogP contribution in [0, 0.1) is 12.3 Å². The quantitative estimate of drug-likeness (QED) is 0.841. The van der Waals surface area contributed by atoms with Crippen molar-refractivity contribution in [1.29, 1.82) is 0 Å². The average molecular weight is 237 g/mol. The summed E-state index contributed by atoms with van der Waals surface area (Å²) in [4.78, 5) is 13.9. The van der Waals surface area contributed by atoms with Crippen molar-refractivity contribution >= 4 is 5.91 Å². The van der Waals surface area contributed by atoms with E-state index in [1.54, 1.807) is 6.07 Å². The molecule has 1 unspecified atom stereocenters. The van der Waals surface area contributed by atoms with Gasteiger partial charge in [0.1, 0.15) is 5.76 Å². The number of rotatable bonds is 3. The van der Waals surface area contributed by atoms with Gasteiger partial charge in [-0.2, -0.15) is 0 Å². The van der Waals surface area contributed by atoms with E-state index in [0.29, 0.717) is 18.7 Å². The fourth-order valence-electron chi connectivity index (χ4n) is 2.17. The first kappa shape index (κ1) is 12.1. The highest BCUT2D eigenvalue weighted by molar-refractivity contribution is 5.78. The standard InChI is InChI=1S/C12H19N3O2/c1-9-5-10(14-17-9)6-11(16)15-4-3-12(2,7-13)8-15/h5H,3-4,6-8,13H2,1-2H3. The fourth-order valence-corrected chi connectivity index (χ4v) is 2.17. The molecule has 2 rings (SSSR count). The van der Waals surface area contributed by atoms with Crippen molar-refractivity contribution in [2.45, 2.75) is 26.7 Å². The molecule has 1 saturated heterocycles. The molecule has 0 aromatic carbocycles. The van der Waals surface area contributed by atoms with Crippen molar-refractivity contribution in [3.63, 3.8) is 0 Å². The van der Waals surface area contributed by atoms with Crippen molar-refractivity contribution in [1.82, 2.24) is 10.1 Å². The van der Waals surface area contributed by atoms with E-state index in [2.05, 4.69) is 12.1 Å². The highest BCUT2D eigenvalue weighted by Gasteiger charge is 2.34.